The van der Waals surface area contributed by atoms with Crippen LogP contribution in [0.4, 0.5) is 0 Å². The smallest absolute Gasteiger partial charge is 0.223 e. The molecule has 4 nitrogen and oxygen atoms in total. The predicted molar refractivity (Wildman–Crippen MR) is 52.9 cm³/mol. The molecule has 0 bridgehead atoms. The Hall–Kier alpha value is -0.900. The molecule has 0 unspecified atom stereocenters. The van der Waals surface area contributed by atoms with Crippen molar-refractivity contribution in [2.45, 2.75) is 45.1 Å². The van der Waals surface area contributed by atoms with Crippen molar-refractivity contribution in [3.8, 4) is 0 Å². The Bertz CT molecular complexity index is 302. The van der Waals surface area contributed by atoms with Crippen LogP contribution in [-0.4, -0.2) is 16.7 Å². The number of aromatic nitrogens is 2. The summed E-state index contributed by atoms with van der Waals surface area (Å²) >= 11 is 0. The van der Waals surface area contributed by atoms with E-state index in [0.717, 1.165) is 25.2 Å². The molecule has 0 spiro atoms. The summed E-state index contributed by atoms with van der Waals surface area (Å²) in [7, 11) is 0. The Kier molecular flexibility index (Phi) is 2.54. The van der Waals surface area contributed by atoms with Crippen LogP contribution in [0.25, 0.3) is 0 Å². The van der Waals surface area contributed by atoms with E-state index in [4.69, 9.17) is 4.52 Å². The molecule has 1 aromatic rings. The average molecular weight is 195 g/mol. The van der Waals surface area contributed by atoms with Crippen LogP contribution in [0.15, 0.2) is 4.52 Å². The van der Waals surface area contributed by atoms with E-state index in [1.165, 1.54) is 12.8 Å². The summed E-state index contributed by atoms with van der Waals surface area (Å²) in [5.41, 5.74) is -0.00743. The highest BCUT2D eigenvalue weighted by Crippen LogP contribution is 2.36. The molecule has 0 aliphatic heterocycles. The zero-order valence-electron chi connectivity index (χ0n) is 8.84. The van der Waals surface area contributed by atoms with Crippen molar-refractivity contribution in [1.82, 2.24) is 15.5 Å². The van der Waals surface area contributed by atoms with Gasteiger partial charge >= 0.3 is 0 Å². The molecule has 0 aromatic carbocycles. The first-order valence-corrected chi connectivity index (χ1v) is 5.33. The normalized spacial score (nSPS) is 20.1. The van der Waals surface area contributed by atoms with Gasteiger partial charge in [0.05, 0.1) is 5.54 Å². The highest BCUT2D eigenvalue weighted by molar-refractivity contribution is 5.07. The molecular formula is C10H17N3O. The average Bonchev–Trinajstić information content (AvgIpc) is 2.75. The number of nitrogens with one attached hydrogen (secondary N) is 1. The number of rotatable bonds is 3. The lowest BCUT2D eigenvalue weighted by Crippen LogP contribution is -2.40. The standard InChI is InChI=1S/C10H17N3O/c1-3-11-10(6-4-5-7-10)9-12-8(2)14-13-9/h11H,3-7H2,1-2H3. The highest BCUT2D eigenvalue weighted by Gasteiger charge is 2.38. The van der Waals surface area contributed by atoms with Gasteiger partial charge in [-0.2, -0.15) is 4.98 Å². The van der Waals surface area contributed by atoms with Gasteiger partial charge in [0.2, 0.25) is 5.89 Å². The third kappa shape index (κ3) is 1.54. The fraction of sp³-hybridized carbons (Fsp3) is 0.800. The van der Waals surface area contributed by atoms with Crippen LogP contribution in [-0.2, 0) is 5.54 Å². The Morgan fingerprint density at radius 2 is 2.14 bits per heavy atom. The van der Waals surface area contributed by atoms with Crippen molar-refractivity contribution in [3.05, 3.63) is 11.7 Å². The summed E-state index contributed by atoms with van der Waals surface area (Å²) in [4.78, 5) is 4.34. The molecule has 1 saturated carbocycles. The molecule has 2 rings (SSSR count). The monoisotopic (exact) mass is 195 g/mol. The maximum atomic E-state index is 5.05. The van der Waals surface area contributed by atoms with Crippen molar-refractivity contribution < 1.29 is 4.52 Å². The molecule has 1 aliphatic carbocycles. The lowest BCUT2D eigenvalue weighted by atomic mass is 9.97. The number of hydrogen-bond acceptors (Lipinski definition) is 4. The van der Waals surface area contributed by atoms with E-state index in [1.807, 2.05) is 6.92 Å². The molecule has 1 aromatic heterocycles. The molecule has 1 aliphatic rings. The Morgan fingerprint density at radius 1 is 1.43 bits per heavy atom. The molecule has 0 radical (unpaired) electrons. The van der Waals surface area contributed by atoms with E-state index in [2.05, 4.69) is 22.4 Å². The minimum absolute atomic E-state index is 0.00743. The molecule has 1 heterocycles. The van der Waals surface area contributed by atoms with Gasteiger partial charge in [0.25, 0.3) is 0 Å². The van der Waals surface area contributed by atoms with Crippen LogP contribution in [0, 0.1) is 6.92 Å². The van der Waals surface area contributed by atoms with Crippen LogP contribution < -0.4 is 5.32 Å². The van der Waals surface area contributed by atoms with Crippen molar-refractivity contribution in [2.75, 3.05) is 6.54 Å². The van der Waals surface area contributed by atoms with Gasteiger partial charge in [-0.1, -0.05) is 24.9 Å². The molecule has 0 amide bonds. The van der Waals surface area contributed by atoms with Gasteiger partial charge in [-0.25, -0.2) is 0 Å². The fourth-order valence-electron chi connectivity index (χ4n) is 2.29. The SMILES string of the molecule is CCNC1(c2noc(C)n2)CCCC1. The van der Waals surface area contributed by atoms with Crippen molar-refractivity contribution in [2.24, 2.45) is 0 Å². The maximum Gasteiger partial charge on any atom is 0.223 e. The van der Waals surface area contributed by atoms with Crippen LogP contribution in [0.2, 0.25) is 0 Å². The second-order valence-corrected chi connectivity index (χ2v) is 3.96. The second-order valence-electron chi connectivity index (χ2n) is 3.96. The van der Waals surface area contributed by atoms with Crippen LogP contribution in [0.5, 0.6) is 0 Å². The van der Waals surface area contributed by atoms with Crippen LogP contribution >= 0.6 is 0 Å². The van der Waals surface area contributed by atoms with Gasteiger partial charge in [-0.3, -0.25) is 0 Å². The van der Waals surface area contributed by atoms with Gasteiger partial charge in [-0.15, -0.1) is 0 Å². The van der Waals surface area contributed by atoms with E-state index in [0.29, 0.717) is 5.89 Å². The summed E-state index contributed by atoms with van der Waals surface area (Å²) < 4.78 is 5.05. The first-order valence-electron chi connectivity index (χ1n) is 5.33. The first kappa shape index (κ1) is 9.65. The van der Waals surface area contributed by atoms with Crippen LogP contribution in [0.1, 0.15) is 44.3 Å². The predicted octanol–water partition coefficient (Wildman–Crippen LogP) is 1.76. The Labute approximate surface area is 84.1 Å². The largest absolute Gasteiger partial charge is 0.340 e. The molecule has 78 valence electrons. The molecule has 4 heteroatoms. The molecular weight excluding hydrogens is 178 g/mol. The summed E-state index contributed by atoms with van der Waals surface area (Å²) in [5.74, 6) is 1.50. The third-order valence-corrected chi connectivity index (χ3v) is 2.93. The molecule has 1 N–H and O–H groups in total. The second kappa shape index (κ2) is 3.69. The zero-order chi connectivity index (χ0) is 10.0. The summed E-state index contributed by atoms with van der Waals surface area (Å²) in [6.07, 6.45) is 4.75. The van der Waals surface area contributed by atoms with E-state index in [-0.39, 0.29) is 5.54 Å². The van der Waals surface area contributed by atoms with Gasteiger partial charge < -0.3 is 9.84 Å². The molecule has 0 atom stereocenters. The topological polar surface area (TPSA) is 51.0 Å². The van der Waals surface area contributed by atoms with E-state index in [9.17, 15) is 0 Å². The number of hydrogen-bond donors (Lipinski definition) is 1. The summed E-state index contributed by atoms with van der Waals surface area (Å²) in [5, 5.41) is 7.54. The summed E-state index contributed by atoms with van der Waals surface area (Å²) in [6.45, 7) is 4.91. The van der Waals surface area contributed by atoms with Gasteiger partial charge in [0.1, 0.15) is 0 Å². The van der Waals surface area contributed by atoms with E-state index < -0.39 is 0 Å². The number of nitrogens with zero attached hydrogens (tertiary/aromatic N) is 2. The zero-order valence-corrected chi connectivity index (χ0v) is 8.84. The Morgan fingerprint density at radius 3 is 2.64 bits per heavy atom. The van der Waals surface area contributed by atoms with Gasteiger partial charge in [0, 0.05) is 6.92 Å². The Balaban J connectivity index is 2.26. The van der Waals surface area contributed by atoms with Crippen molar-refractivity contribution in [3.63, 3.8) is 0 Å². The highest BCUT2D eigenvalue weighted by atomic mass is 16.5. The van der Waals surface area contributed by atoms with Crippen LogP contribution in [0.3, 0.4) is 0 Å². The molecule has 1 fully saturated rings. The van der Waals surface area contributed by atoms with Gasteiger partial charge in [0.15, 0.2) is 5.82 Å². The third-order valence-electron chi connectivity index (χ3n) is 2.93. The maximum absolute atomic E-state index is 5.05. The minimum Gasteiger partial charge on any atom is -0.340 e. The molecule has 14 heavy (non-hydrogen) atoms. The van der Waals surface area contributed by atoms with E-state index in [1.54, 1.807) is 0 Å². The van der Waals surface area contributed by atoms with E-state index >= 15 is 0 Å². The van der Waals surface area contributed by atoms with Crippen molar-refractivity contribution in [1.29, 1.82) is 0 Å². The lowest BCUT2D eigenvalue weighted by molar-refractivity contribution is 0.305. The lowest BCUT2D eigenvalue weighted by Gasteiger charge is -2.25. The fourth-order valence-corrected chi connectivity index (χ4v) is 2.29. The molecule has 0 saturated heterocycles. The minimum atomic E-state index is -0.00743. The first-order chi connectivity index (χ1) is 6.77. The summed E-state index contributed by atoms with van der Waals surface area (Å²) in [6, 6.07) is 0. The quantitative estimate of drug-likeness (QED) is 0.798. The number of aryl methyl sites for hydroxylation is 1. The van der Waals surface area contributed by atoms with Crippen molar-refractivity contribution >= 4 is 0 Å². The van der Waals surface area contributed by atoms with Gasteiger partial charge in [-0.05, 0) is 19.4 Å².